The maximum absolute atomic E-state index is 11.5. The smallest absolute Gasteiger partial charge is 0.224 e. The third kappa shape index (κ3) is 8.39. The maximum Gasteiger partial charge on any atom is 0.224 e. The van der Waals surface area contributed by atoms with Crippen molar-refractivity contribution in [2.75, 3.05) is 18.4 Å². The molecule has 0 fully saturated rings. The van der Waals surface area contributed by atoms with Gasteiger partial charge in [0.2, 0.25) is 11.8 Å². The number of hydrogen-bond donors (Lipinski definition) is 4. The Morgan fingerprint density at radius 3 is 2.26 bits per heavy atom. The first-order chi connectivity index (χ1) is 14.8. The number of nitrogens with one attached hydrogen (secondary N) is 3. The lowest BCUT2D eigenvalue weighted by atomic mass is 10.1. The molecule has 2 atom stereocenters. The average molecular weight is 428 g/mol. The minimum absolute atomic E-state index is 0.0442. The van der Waals surface area contributed by atoms with Gasteiger partial charge in [0.05, 0.1) is 0 Å². The number of hydrogen-bond acceptors (Lipinski definition) is 5. The van der Waals surface area contributed by atoms with Crippen LogP contribution in [0.5, 0.6) is 5.75 Å². The van der Waals surface area contributed by atoms with Gasteiger partial charge in [-0.05, 0) is 54.3 Å². The number of benzene rings is 2. The van der Waals surface area contributed by atoms with Gasteiger partial charge < -0.3 is 20.5 Å². The number of fused-ring (bicyclic) bond motifs is 1. The van der Waals surface area contributed by atoms with Crippen LogP contribution in [0.4, 0.5) is 5.69 Å². The summed E-state index contributed by atoms with van der Waals surface area (Å²) in [6, 6.07) is 13.9. The van der Waals surface area contributed by atoms with E-state index >= 15 is 0 Å². The maximum atomic E-state index is 11.5. The lowest BCUT2D eigenvalue weighted by Gasteiger charge is -2.24. The van der Waals surface area contributed by atoms with Crippen LogP contribution in [0.2, 0.25) is 0 Å². The molecule has 168 valence electrons. The number of aliphatic hydroxyl groups is 1. The van der Waals surface area contributed by atoms with Crippen LogP contribution in [-0.4, -0.2) is 42.3 Å². The highest BCUT2D eigenvalue weighted by molar-refractivity contribution is 5.90. The molecule has 0 bridgehead atoms. The van der Waals surface area contributed by atoms with Crippen LogP contribution >= 0.6 is 0 Å². The van der Waals surface area contributed by atoms with Crippen LogP contribution in [0.3, 0.4) is 0 Å². The van der Waals surface area contributed by atoms with Crippen molar-refractivity contribution in [1.29, 1.82) is 0 Å². The van der Waals surface area contributed by atoms with Crippen LogP contribution in [0, 0.1) is 0 Å². The second-order valence-electron chi connectivity index (χ2n) is 7.37. The zero-order valence-corrected chi connectivity index (χ0v) is 18.7. The fourth-order valence-corrected chi connectivity index (χ4v) is 2.87. The van der Waals surface area contributed by atoms with E-state index in [2.05, 4.69) is 40.2 Å². The Labute approximate surface area is 184 Å². The van der Waals surface area contributed by atoms with Gasteiger partial charge in [0.15, 0.2) is 6.23 Å². The van der Waals surface area contributed by atoms with Crippen molar-refractivity contribution < 1.29 is 19.4 Å². The van der Waals surface area contributed by atoms with E-state index in [1.54, 1.807) is 26.0 Å². The summed E-state index contributed by atoms with van der Waals surface area (Å²) in [4.78, 5) is 22.4. The highest BCUT2D eigenvalue weighted by atomic mass is 16.5. The summed E-state index contributed by atoms with van der Waals surface area (Å²) in [6.45, 7) is 7.81. The number of amides is 2. The second-order valence-corrected chi connectivity index (χ2v) is 7.37. The molecular weight excluding hydrogens is 394 g/mol. The molecule has 0 aliphatic heterocycles. The summed E-state index contributed by atoms with van der Waals surface area (Å²) in [5.41, 5.74) is 4.51. The van der Waals surface area contributed by atoms with E-state index in [0.717, 1.165) is 17.7 Å². The number of aryl methyl sites for hydroxylation is 1. The van der Waals surface area contributed by atoms with Gasteiger partial charge in [-0.3, -0.25) is 14.9 Å². The first kappa shape index (κ1) is 24.4. The number of carbonyl (C=O) groups excluding carboxylic acids is 2. The molecule has 0 spiro atoms. The van der Waals surface area contributed by atoms with Crippen LogP contribution in [-0.2, 0) is 16.0 Å². The monoisotopic (exact) mass is 427 g/mol. The van der Waals surface area contributed by atoms with Crippen molar-refractivity contribution in [2.24, 2.45) is 0 Å². The summed E-state index contributed by atoms with van der Waals surface area (Å²) in [5.74, 6) is 0.501. The normalized spacial score (nSPS) is 12.7. The van der Waals surface area contributed by atoms with Gasteiger partial charge in [-0.25, -0.2) is 0 Å². The summed E-state index contributed by atoms with van der Waals surface area (Å²) in [7, 11) is 0. The first-order valence-corrected chi connectivity index (χ1v) is 10.7. The standard InChI is InChI=1S/C18H29N3O4.C6H4/c1-5-14-11-15(21-17(24)6-2)7-8-16(14)25-18(12(3)22)20-10-9-19-13(4)23;1-2-5-4-6(5)3-1/h7-8,11-12,18,20,22H,5-6,9-10H2,1-4H3,(H,19,23)(H,21,24);1-4H. The molecule has 31 heavy (non-hydrogen) atoms. The van der Waals surface area contributed by atoms with Gasteiger partial charge >= 0.3 is 0 Å². The number of rotatable bonds is 10. The van der Waals surface area contributed by atoms with Crippen LogP contribution in [0.15, 0.2) is 42.5 Å². The molecule has 0 heterocycles. The number of carbonyl (C=O) groups is 2. The topological polar surface area (TPSA) is 99.7 Å². The van der Waals surface area contributed by atoms with Crippen LogP contribution in [0.25, 0.3) is 11.1 Å². The Balaban J connectivity index is 0.000000474. The van der Waals surface area contributed by atoms with Crippen molar-refractivity contribution in [3.8, 4) is 16.9 Å². The van der Waals surface area contributed by atoms with Gasteiger partial charge in [0.25, 0.3) is 0 Å². The largest absolute Gasteiger partial charge is 0.472 e. The van der Waals surface area contributed by atoms with Crippen molar-refractivity contribution in [3.63, 3.8) is 0 Å². The Morgan fingerprint density at radius 2 is 1.77 bits per heavy atom. The van der Waals surface area contributed by atoms with E-state index in [4.69, 9.17) is 4.74 Å². The summed E-state index contributed by atoms with van der Waals surface area (Å²) < 4.78 is 5.90. The first-order valence-electron chi connectivity index (χ1n) is 10.7. The molecule has 2 unspecified atom stereocenters. The molecule has 2 aliphatic carbocycles. The zero-order valence-electron chi connectivity index (χ0n) is 18.7. The summed E-state index contributed by atoms with van der Waals surface area (Å²) >= 11 is 0. The minimum atomic E-state index is -0.735. The lowest BCUT2D eigenvalue weighted by molar-refractivity contribution is -0.119. The van der Waals surface area contributed by atoms with E-state index < -0.39 is 12.3 Å². The molecule has 4 N–H and O–H groups in total. The molecule has 1 aromatic carbocycles. The van der Waals surface area contributed by atoms with E-state index in [-0.39, 0.29) is 11.8 Å². The van der Waals surface area contributed by atoms with E-state index in [9.17, 15) is 14.7 Å². The molecule has 1 aromatic rings. The van der Waals surface area contributed by atoms with Gasteiger partial charge in [0, 0.05) is 32.1 Å². The zero-order chi connectivity index (χ0) is 22.8. The summed E-state index contributed by atoms with van der Waals surface area (Å²) in [6.07, 6.45) is -0.192. The highest BCUT2D eigenvalue weighted by Gasteiger charge is 2.18. The third-order valence-electron chi connectivity index (χ3n) is 4.70. The van der Waals surface area contributed by atoms with Crippen molar-refractivity contribution in [1.82, 2.24) is 10.6 Å². The number of ether oxygens (including phenoxy) is 1. The predicted octanol–water partition coefficient (Wildman–Crippen LogP) is 3.08. The molecule has 2 aliphatic rings. The SMILES string of the molecule is CCC(=O)Nc1ccc(OC(NCCNC(C)=O)C(C)O)c(CC)c1.c1cc2cc-2c1. The van der Waals surface area contributed by atoms with Gasteiger partial charge in [-0.2, -0.15) is 0 Å². The van der Waals surface area contributed by atoms with Crippen LogP contribution in [0.1, 0.15) is 39.7 Å². The fourth-order valence-electron chi connectivity index (χ4n) is 2.87. The Hall–Kier alpha value is -2.90. The highest BCUT2D eigenvalue weighted by Crippen LogP contribution is 2.32. The number of anilines is 1. The van der Waals surface area contributed by atoms with E-state index in [1.807, 2.05) is 13.0 Å². The third-order valence-corrected chi connectivity index (χ3v) is 4.70. The Bertz CT molecular complexity index is 866. The van der Waals surface area contributed by atoms with Crippen LogP contribution < -0.4 is 20.7 Å². The summed E-state index contributed by atoms with van der Waals surface area (Å²) in [5, 5.41) is 18.5. The molecule has 0 saturated carbocycles. The van der Waals surface area contributed by atoms with Crippen molar-refractivity contribution in [2.45, 2.75) is 52.9 Å². The van der Waals surface area contributed by atoms with Crippen molar-refractivity contribution >= 4 is 17.5 Å². The van der Waals surface area contributed by atoms with Crippen molar-refractivity contribution in [3.05, 3.63) is 48.0 Å². The molecule has 0 aromatic heterocycles. The van der Waals surface area contributed by atoms with Gasteiger partial charge in [0.1, 0.15) is 11.9 Å². The fraction of sp³-hybridized carbons (Fsp3) is 0.417. The van der Waals surface area contributed by atoms with E-state index in [1.165, 1.54) is 18.1 Å². The van der Waals surface area contributed by atoms with Gasteiger partial charge in [-0.15, -0.1) is 0 Å². The molecule has 3 rings (SSSR count). The number of aliphatic hydroxyl groups excluding tert-OH is 1. The molecule has 0 radical (unpaired) electrons. The molecule has 0 saturated heterocycles. The Kier molecular flexibility index (Phi) is 9.49. The van der Waals surface area contributed by atoms with Gasteiger partial charge in [-0.1, -0.05) is 32.0 Å². The molecule has 2 amide bonds. The molecular formula is C24H33N3O4. The van der Waals surface area contributed by atoms with E-state index in [0.29, 0.717) is 25.3 Å². The Morgan fingerprint density at radius 1 is 1.06 bits per heavy atom. The predicted molar refractivity (Wildman–Crippen MR) is 123 cm³/mol. The molecule has 7 nitrogen and oxygen atoms in total. The molecule has 7 heteroatoms. The second kappa shape index (κ2) is 12.1. The quantitative estimate of drug-likeness (QED) is 0.294. The average Bonchev–Trinajstić information content (AvgIpc) is 3.35. The minimum Gasteiger partial charge on any atom is -0.472 e. The lowest BCUT2D eigenvalue weighted by Crippen LogP contribution is -2.46.